The molecule has 258 valence electrons. The third-order valence-electron chi connectivity index (χ3n) is 9.03. The zero-order chi connectivity index (χ0) is 35.1. The second kappa shape index (κ2) is 15.8. The molecule has 5 rings (SSSR count). The second-order valence-corrected chi connectivity index (χ2v) is 13.3. The molecule has 49 heavy (non-hydrogen) atoms. The number of carbonyl (C=O) groups is 5. The lowest BCUT2D eigenvalue weighted by atomic mass is 10.0. The lowest BCUT2D eigenvalue weighted by Gasteiger charge is -2.30. The smallest absolute Gasteiger partial charge is 0.408 e. The monoisotopic (exact) mass is 667 g/mol. The van der Waals surface area contributed by atoms with Crippen molar-refractivity contribution in [2.75, 3.05) is 32.1 Å². The Kier molecular flexibility index (Phi) is 11.3. The summed E-state index contributed by atoms with van der Waals surface area (Å²) in [6.45, 7) is 4.07. The van der Waals surface area contributed by atoms with Crippen LogP contribution in [0, 0.1) is 5.92 Å². The summed E-state index contributed by atoms with van der Waals surface area (Å²) in [5.74, 6) is -1.28. The predicted molar refractivity (Wildman–Crippen MR) is 186 cm³/mol. The maximum Gasteiger partial charge on any atom is 0.408 e. The van der Waals surface area contributed by atoms with Gasteiger partial charge in [0.2, 0.25) is 11.8 Å². The van der Waals surface area contributed by atoms with Crippen LogP contribution in [-0.4, -0.2) is 90.8 Å². The van der Waals surface area contributed by atoms with Crippen LogP contribution in [0.1, 0.15) is 48.2 Å². The van der Waals surface area contributed by atoms with Gasteiger partial charge in [-0.25, -0.2) is 4.79 Å². The number of nitrogens with one attached hydrogen (secondary N) is 2. The predicted octanol–water partition coefficient (Wildman–Crippen LogP) is 3.82. The molecule has 2 aliphatic rings. The minimum absolute atomic E-state index is 0.0400. The number of ketones is 1. The highest BCUT2D eigenvalue weighted by Crippen LogP contribution is 2.31. The molecule has 0 spiro atoms. The van der Waals surface area contributed by atoms with Crippen molar-refractivity contribution in [2.45, 2.75) is 63.9 Å². The number of anilines is 1. The molecule has 4 amide bonds. The summed E-state index contributed by atoms with van der Waals surface area (Å²) in [5, 5.41) is 5.65. The number of Topliss-reactive ketones (excluding diaryl/α,β-unsaturated/α-hetero) is 1. The fourth-order valence-electron chi connectivity index (χ4n) is 6.56. The van der Waals surface area contributed by atoms with Gasteiger partial charge in [0.15, 0.2) is 5.78 Å². The Morgan fingerprint density at radius 3 is 2.04 bits per heavy atom. The van der Waals surface area contributed by atoms with E-state index < -0.39 is 36.2 Å². The Hall–Kier alpha value is -5.19. The quantitative estimate of drug-likeness (QED) is 0.301. The molecule has 2 aliphatic heterocycles. The maximum absolute atomic E-state index is 14.1. The average molecular weight is 668 g/mol. The Bertz CT molecular complexity index is 1630. The fraction of sp³-hybridized carbons (Fsp3) is 0.395. The second-order valence-electron chi connectivity index (χ2n) is 13.3. The summed E-state index contributed by atoms with van der Waals surface area (Å²) < 4.78 is 5.43. The van der Waals surface area contributed by atoms with Crippen LogP contribution >= 0.6 is 0 Å². The number of rotatable bonds is 12. The number of nitrogens with zero attached hydrogens (tertiary/aromatic N) is 3. The molecule has 0 bridgehead atoms. The van der Waals surface area contributed by atoms with Gasteiger partial charge in [0, 0.05) is 38.3 Å². The van der Waals surface area contributed by atoms with Crippen LogP contribution in [-0.2, 0) is 32.1 Å². The Morgan fingerprint density at radius 2 is 1.43 bits per heavy atom. The van der Waals surface area contributed by atoms with E-state index >= 15 is 0 Å². The van der Waals surface area contributed by atoms with Crippen LogP contribution < -0.4 is 15.5 Å². The third-order valence-corrected chi connectivity index (χ3v) is 9.03. The molecular formula is C38H45N5O6. The first-order valence-corrected chi connectivity index (χ1v) is 16.7. The minimum Gasteiger partial charge on any atom is -0.445 e. The SMILES string of the molecule is CC(C)C[C@H](NC(=O)c1ccc(N(C)C)cc1)C(=O)N1CC[C@@H]2[C@H]1C(=O)CN2C(=O)[C@H](Cc1ccccc1)NC(=O)OCc1ccccc1. The Balaban J connectivity index is 1.29. The molecule has 2 fully saturated rings. The first-order chi connectivity index (χ1) is 23.5. The fourth-order valence-corrected chi connectivity index (χ4v) is 6.56. The summed E-state index contributed by atoms with van der Waals surface area (Å²) in [6, 6.07) is 22.4. The molecule has 3 aromatic carbocycles. The average Bonchev–Trinajstić information content (AvgIpc) is 3.68. The summed E-state index contributed by atoms with van der Waals surface area (Å²) >= 11 is 0. The van der Waals surface area contributed by atoms with Gasteiger partial charge in [-0.1, -0.05) is 74.5 Å². The highest BCUT2D eigenvalue weighted by atomic mass is 16.5. The molecule has 0 unspecified atom stereocenters. The Morgan fingerprint density at radius 1 is 0.816 bits per heavy atom. The van der Waals surface area contributed by atoms with Crippen molar-refractivity contribution in [3.8, 4) is 0 Å². The molecule has 2 saturated heterocycles. The third kappa shape index (κ3) is 8.65. The van der Waals surface area contributed by atoms with Crippen molar-refractivity contribution in [3.05, 3.63) is 102 Å². The number of fused-ring (bicyclic) bond motifs is 1. The van der Waals surface area contributed by atoms with E-state index in [1.807, 2.05) is 106 Å². The number of hydrogen-bond donors (Lipinski definition) is 2. The lowest BCUT2D eigenvalue weighted by Crippen LogP contribution is -2.54. The van der Waals surface area contributed by atoms with Crippen molar-refractivity contribution in [1.82, 2.24) is 20.4 Å². The van der Waals surface area contributed by atoms with Crippen LogP contribution in [0.5, 0.6) is 0 Å². The van der Waals surface area contributed by atoms with Crippen LogP contribution in [0.4, 0.5) is 10.5 Å². The molecular weight excluding hydrogens is 622 g/mol. The first kappa shape index (κ1) is 35.1. The number of alkyl carbamates (subject to hydrolysis) is 1. The zero-order valence-electron chi connectivity index (χ0n) is 28.5. The van der Waals surface area contributed by atoms with Crippen molar-refractivity contribution >= 4 is 35.3 Å². The highest BCUT2D eigenvalue weighted by Gasteiger charge is 2.53. The van der Waals surface area contributed by atoms with Gasteiger partial charge in [-0.05, 0) is 54.2 Å². The van der Waals surface area contributed by atoms with Gasteiger partial charge in [0.05, 0.1) is 12.6 Å². The van der Waals surface area contributed by atoms with Gasteiger partial charge in [-0.15, -0.1) is 0 Å². The van der Waals surface area contributed by atoms with Crippen LogP contribution in [0.15, 0.2) is 84.9 Å². The van der Waals surface area contributed by atoms with Gasteiger partial charge in [-0.3, -0.25) is 19.2 Å². The van der Waals surface area contributed by atoms with Gasteiger partial charge < -0.3 is 30.1 Å². The number of ether oxygens (including phenoxy) is 1. The van der Waals surface area contributed by atoms with Gasteiger partial charge >= 0.3 is 6.09 Å². The molecule has 0 aliphatic carbocycles. The summed E-state index contributed by atoms with van der Waals surface area (Å²) in [7, 11) is 3.83. The van der Waals surface area contributed by atoms with E-state index in [0.717, 1.165) is 16.8 Å². The van der Waals surface area contributed by atoms with E-state index in [1.54, 1.807) is 12.1 Å². The van der Waals surface area contributed by atoms with Gasteiger partial charge in [0.25, 0.3) is 5.91 Å². The molecule has 11 heteroatoms. The zero-order valence-corrected chi connectivity index (χ0v) is 28.5. The molecule has 11 nitrogen and oxygen atoms in total. The van der Waals surface area contributed by atoms with E-state index in [-0.39, 0.29) is 49.6 Å². The van der Waals surface area contributed by atoms with Crippen LogP contribution in [0.3, 0.4) is 0 Å². The molecule has 0 aromatic heterocycles. The standard InChI is InChI=1S/C38H45N5O6/c1-25(2)21-30(39-35(45)28-15-17-29(18-16-28)41(3)4)36(46)42-20-19-32-34(42)33(44)23-43(32)37(47)31(22-26-11-7-5-8-12-26)40-38(48)49-24-27-13-9-6-10-14-27/h5-18,25,30-32,34H,19-24H2,1-4H3,(H,39,45)(H,40,48)/t30-,31-,32+,34-/m0/s1. The lowest BCUT2D eigenvalue weighted by molar-refractivity contribution is -0.138. The summed E-state index contributed by atoms with van der Waals surface area (Å²) in [6.07, 6.45) is 0.243. The van der Waals surface area contributed by atoms with E-state index in [0.29, 0.717) is 18.4 Å². The van der Waals surface area contributed by atoms with Crippen LogP contribution in [0.25, 0.3) is 0 Å². The Labute approximate surface area is 287 Å². The molecule has 0 saturated carbocycles. The van der Waals surface area contributed by atoms with E-state index in [9.17, 15) is 24.0 Å². The van der Waals surface area contributed by atoms with Gasteiger partial charge in [0.1, 0.15) is 24.7 Å². The maximum atomic E-state index is 14.1. The number of benzene rings is 3. The summed E-state index contributed by atoms with van der Waals surface area (Å²) in [5.41, 5.74) is 3.01. The number of hydrogen-bond acceptors (Lipinski definition) is 7. The molecule has 2 heterocycles. The van der Waals surface area contributed by atoms with Crippen molar-refractivity contribution in [2.24, 2.45) is 5.92 Å². The number of amides is 4. The van der Waals surface area contributed by atoms with E-state index in [1.165, 1.54) is 9.80 Å². The first-order valence-electron chi connectivity index (χ1n) is 16.7. The largest absolute Gasteiger partial charge is 0.445 e. The number of carbonyl (C=O) groups excluding carboxylic acids is 5. The van der Waals surface area contributed by atoms with Crippen LogP contribution in [0.2, 0.25) is 0 Å². The topological polar surface area (TPSA) is 128 Å². The molecule has 0 radical (unpaired) electrons. The highest BCUT2D eigenvalue weighted by molar-refractivity contribution is 6.01. The van der Waals surface area contributed by atoms with Crippen molar-refractivity contribution < 1.29 is 28.7 Å². The van der Waals surface area contributed by atoms with E-state index in [2.05, 4.69) is 10.6 Å². The molecule has 2 N–H and O–H groups in total. The number of likely N-dealkylation sites (tertiary alicyclic amines) is 2. The minimum atomic E-state index is -0.992. The normalized spacial score (nSPS) is 18.1. The molecule has 4 atom stereocenters. The van der Waals surface area contributed by atoms with Crippen molar-refractivity contribution in [3.63, 3.8) is 0 Å². The summed E-state index contributed by atoms with van der Waals surface area (Å²) in [4.78, 5) is 72.8. The van der Waals surface area contributed by atoms with E-state index in [4.69, 9.17) is 4.74 Å². The van der Waals surface area contributed by atoms with Crippen molar-refractivity contribution in [1.29, 1.82) is 0 Å². The molecule has 3 aromatic rings. The van der Waals surface area contributed by atoms with Gasteiger partial charge in [-0.2, -0.15) is 0 Å².